The highest BCUT2D eigenvalue weighted by atomic mass is 35.5. The Bertz CT molecular complexity index is 1070. The first kappa shape index (κ1) is 23.5. The molecule has 31 heavy (non-hydrogen) atoms. The number of Topliss-reactive ketones (excluding diaryl/α,β-unsaturated/α-hetero) is 1. The number of sulfonamides is 1. The van der Waals surface area contributed by atoms with E-state index in [1.54, 1.807) is 0 Å². The molecule has 0 amide bonds. The summed E-state index contributed by atoms with van der Waals surface area (Å²) in [6, 6.07) is 6.85. The number of phenolic OH excluding ortho intramolecular Hbond substituents is 1. The van der Waals surface area contributed by atoms with Crippen LogP contribution in [0.25, 0.3) is 0 Å². The van der Waals surface area contributed by atoms with Crippen LogP contribution in [0.2, 0.25) is 10.0 Å². The SMILES string of the molecule is O=C(O)[C@H](C(=O)C1CCCN1)[C@H](NS(=O)(=O)c1cc(Cl)cc(Cl)c1)c1ccc(O)cc1. The number of halogens is 2. The molecule has 1 aliphatic rings. The van der Waals surface area contributed by atoms with Crippen LogP contribution in [0.15, 0.2) is 47.4 Å². The summed E-state index contributed by atoms with van der Waals surface area (Å²) in [4.78, 5) is 24.9. The van der Waals surface area contributed by atoms with Crippen LogP contribution in [-0.2, 0) is 19.6 Å². The van der Waals surface area contributed by atoms with E-state index in [0.717, 1.165) is 0 Å². The summed E-state index contributed by atoms with van der Waals surface area (Å²) < 4.78 is 28.5. The van der Waals surface area contributed by atoms with Crippen molar-refractivity contribution >= 4 is 45.0 Å². The van der Waals surface area contributed by atoms with Crippen molar-refractivity contribution in [2.24, 2.45) is 5.92 Å². The summed E-state index contributed by atoms with van der Waals surface area (Å²) in [7, 11) is -4.32. The molecule has 0 saturated carbocycles. The van der Waals surface area contributed by atoms with E-state index in [0.29, 0.717) is 19.4 Å². The molecule has 1 saturated heterocycles. The van der Waals surface area contributed by atoms with Crippen molar-refractivity contribution in [2.45, 2.75) is 29.8 Å². The Labute approximate surface area is 189 Å². The lowest BCUT2D eigenvalue weighted by Gasteiger charge is -2.26. The Balaban J connectivity index is 2.05. The van der Waals surface area contributed by atoms with E-state index in [9.17, 15) is 28.2 Å². The van der Waals surface area contributed by atoms with Crippen molar-refractivity contribution in [1.82, 2.24) is 10.0 Å². The third kappa shape index (κ3) is 5.55. The third-order valence-electron chi connectivity index (χ3n) is 4.99. The number of carboxylic acids is 1. The number of carbonyl (C=O) groups excluding carboxylic acids is 1. The summed E-state index contributed by atoms with van der Waals surface area (Å²) in [6.45, 7) is 0.569. The van der Waals surface area contributed by atoms with Gasteiger partial charge in [0.15, 0.2) is 5.78 Å². The second-order valence-corrected chi connectivity index (χ2v) is 9.75. The van der Waals surface area contributed by atoms with Gasteiger partial charge in [-0.15, -0.1) is 0 Å². The molecular weight excluding hydrogens is 467 g/mol. The Morgan fingerprint density at radius 1 is 1.10 bits per heavy atom. The van der Waals surface area contributed by atoms with Gasteiger partial charge in [0.1, 0.15) is 11.7 Å². The minimum absolute atomic E-state index is 0.0788. The smallest absolute Gasteiger partial charge is 0.316 e. The molecule has 4 N–H and O–H groups in total. The lowest BCUT2D eigenvalue weighted by Crippen LogP contribution is -2.46. The van der Waals surface area contributed by atoms with Crippen molar-refractivity contribution in [3.05, 3.63) is 58.1 Å². The molecular formula is C20H20Cl2N2O6S. The summed E-state index contributed by atoms with van der Waals surface area (Å²) in [6.07, 6.45) is 1.17. The number of benzene rings is 2. The molecule has 0 aromatic heterocycles. The quantitative estimate of drug-likeness (QED) is 0.421. The van der Waals surface area contributed by atoms with Crippen LogP contribution in [0, 0.1) is 5.92 Å². The van der Waals surface area contributed by atoms with Crippen molar-refractivity contribution in [2.75, 3.05) is 6.54 Å². The van der Waals surface area contributed by atoms with Gasteiger partial charge < -0.3 is 15.5 Å². The first-order valence-corrected chi connectivity index (χ1v) is 11.6. The van der Waals surface area contributed by atoms with Gasteiger partial charge in [0.2, 0.25) is 10.0 Å². The van der Waals surface area contributed by atoms with E-state index in [2.05, 4.69) is 10.0 Å². The first-order valence-electron chi connectivity index (χ1n) is 9.36. The summed E-state index contributed by atoms with van der Waals surface area (Å²) in [5.74, 6) is -3.90. The highest BCUT2D eigenvalue weighted by Gasteiger charge is 2.42. The van der Waals surface area contributed by atoms with E-state index in [-0.39, 0.29) is 26.3 Å². The van der Waals surface area contributed by atoms with Gasteiger partial charge >= 0.3 is 5.97 Å². The van der Waals surface area contributed by atoms with Gasteiger partial charge in [-0.2, -0.15) is 0 Å². The molecule has 1 heterocycles. The van der Waals surface area contributed by atoms with Gasteiger partial charge in [-0.3, -0.25) is 9.59 Å². The van der Waals surface area contributed by atoms with Crippen molar-refractivity contribution in [1.29, 1.82) is 0 Å². The summed E-state index contributed by atoms with van der Waals surface area (Å²) >= 11 is 11.8. The number of carbonyl (C=O) groups is 2. The first-order chi connectivity index (χ1) is 14.6. The number of rotatable bonds is 8. The fourth-order valence-electron chi connectivity index (χ4n) is 3.50. The number of ketones is 1. The number of hydrogen-bond donors (Lipinski definition) is 4. The largest absolute Gasteiger partial charge is 0.508 e. The van der Waals surface area contributed by atoms with E-state index in [1.165, 1.54) is 42.5 Å². The van der Waals surface area contributed by atoms with Crippen LogP contribution in [0.1, 0.15) is 24.4 Å². The molecule has 3 rings (SSSR count). The maximum absolute atomic E-state index is 13.1. The number of aliphatic carboxylic acids is 1. The maximum Gasteiger partial charge on any atom is 0.316 e. The Kier molecular flexibility index (Phi) is 7.23. The molecule has 2 aromatic rings. The molecule has 2 aromatic carbocycles. The Morgan fingerprint density at radius 3 is 2.23 bits per heavy atom. The fraction of sp³-hybridized carbons (Fsp3) is 0.300. The van der Waals surface area contributed by atoms with Gasteiger partial charge in [-0.05, 0) is 55.3 Å². The molecule has 8 nitrogen and oxygen atoms in total. The van der Waals surface area contributed by atoms with E-state index in [4.69, 9.17) is 23.2 Å². The molecule has 166 valence electrons. The highest BCUT2D eigenvalue weighted by Crippen LogP contribution is 2.30. The number of hydrogen-bond acceptors (Lipinski definition) is 6. The molecule has 0 aliphatic carbocycles. The zero-order valence-corrected chi connectivity index (χ0v) is 18.4. The van der Waals surface area contributed by atoms with E-state index < -0.39 is 39.8 Å². The molecule has 1 fully saturated rings. The van der Waals surface area contributed by atoms with Crippen LogP contribution in [0.4, 0.5) is 0 Å². The lowest BCUT2D eigenvalue weighted by atomic mass is 9.86. The second-order valence-electron chi connectivity index (χ2n) is 7.16. The average molecular weight is 487 g/mol. The Hall–Kier alpha value is -2.17. The van der Waals surface area contributed by atoms with Crippen LogP contribution in [-0.4, -0.2) is 43.0 Å². The zero-order chi connectivity index (χ0) is 22.8. The fourth-order valence-corrected chi connectivity index (χ4v) is 5.46. The van der Waals surface area contributed by atoms with Crippen LogP contribution in [0.5, 0.6) is 5.75 Å². The van der Waals surface area contributed by atoms with E-state index in [1.807, 2.05) is 0 Å². The molecule has 11 heteroatoms. The minimum atomic E-state index is -4.32. The van der Waals surface area contributed by atoms with Gasteiger partial charge in [0.25, 0.3) is 0 Å². The lowest BCUT2D eigenvalue weighted by molar-refractivity contribution is -0.148. The average Bonchev–Trinajstić information content (AvgIpc) is 3.22. The highest BCUT2D eigenvalue weighted by molar-refractivity contribution is 7.89. The third-order valence-corrected chi connectivity index (χ3v) is 6.85. The van der Waals surface area contributed by atoms with Gasteiger partial charge in [0.05, 0.1) is 17.0 Å². The molecule has 0 spiro atoms. The maximum atomic E-state index is 13.1. The van der Waals surface area contributed by atoms with Gasteiger partial charge in [-0.1, -0.05) is 35.3 Å². The predicted molar refractivity (Wildman–Crippen MR) is 115 cm³/mol. The normalized spacial score (nSPS) is 18.5. The van der Waals surface area contributed by atoms with Crippen LogP contribution in [0.3, 0.4) is 0 Å². The molecule has 3 atom stereocenters. The van der Waals surface area contributed by atoms with Crippen molar-refractivity contribution in [3.63, 3.8) is 0 Å². The van der Waals surface area contributed by atoms with Crippen molar-refractivity contribution < 1.29 is 28.2 Å². The molecule has 0 bridgehead atoms. The van der Waals surface area contributed by atoms with Crippen LogP contribution < -0.4 is 10.0 Å². The topological polar surface area (TPSA) is 133 Å². The summed E-state index contributed by atoms with van der Waals surface area (Å²) in [5, 5.41) is 22.6. The number of nitrogens with one attached hydrogen (secondary N) is 2. The number of carboxylic acid groups (broad SMARTS) is 1. The molecule has 0 radical (unpaired) electrons. The molecule has 1 unspecified atom stereocenters. The van der Waals surface area contributed by atoms with Crippen LogP contribution >= 0.6 is 23.2 Å². The number of phenols is 1. The van der Waals surface area contributed by atoms with Crippen molar-refractivity contribution in [3.8, 4) is 5.75 Å². The Morgan fingerprint density at radius 2 is 1.71 bits per heavy atom. The van der Waals surface area contributed by atoms with Gasteiger partial charge in [0, 0.05) is 10.0 Å². The monoisotopic (exact) mass is 486 g/mol. The summed E-state index contributed by atoms with van der Waals surface area (Å²) in [5.41, 5.74) is 0.202. The van der Waals surface area contributed by atoms with Gasteiger partial charge in [-0.25, -0.2) is 13.1 Å². The number of aromatic hydroxyl groups is 1. The molecule has 1 aliphatic heterocycles. The second kappa shape index (κ2) is 9.54. The van der Waals surface area contributed by atoms with E-state index >= 15 is 0 Å². The zero-order valence-electron chi connectivity index (χ0n) is 16.1. The predicted octanol–water partition coefficient (Wildman–Crippen LogP) is 2.74. The standard InChI is InChI=1S/C20H20Cl2N2O6S/c21-12-8-13(22)10-15(9-12)31(29,30)24-18(11-3-5-14(25)6-4-11)17(20(27)28)19(26)16-2-1-7-23-16/h3-6,8-10,16-18,23-25H,1-2,7H2,(H,27,28)/t16?,17-,18+/m0/s1. The minimum Gasteiger partial charge on any atom is -0.508 e.